The zero-order valence-electron chi connectivity index (χ0n) is 3.81. The Kier molecular flexibility index (Phi) is 1.06. The summed E-state index contributed by atoms with van der Waals surface area (Å²) in [6, 6.07) is 0. The van der Waals surface area contributed by atoms with E-state index in [9.17, 15) is 4.39 Å². The summed E-state index contributed by atoms with van der Waals surface area (Å²) in [5.41, 5.74) is 0.630. The predicted molar refractivity (Wildman–Crippen MR) is 26.8 cm³/mol. The van der Waals surface area contributed by atoms with Gasteiger partial charge in [-0.25, -0.2) is 0 Å². The number of halogens is 1. The van der Waals surface area contributed by atoms with Crippen molar-refractivity contribution < 1.29 is 4.39 Å². The molecule has 7 heavy (non-hydrogen) atoms. The summed E-state index contributed by atoms with van der Waals surface area (Å²) >= 11 is 1.14. The molecule has 0 fully saturated rings. The van der Waals surface area contributed by atoms with Crippen LogP contribution in [-0.4, -0.2) is 4.37 Å². The molecule has 0 saturated heterocycles. The highest BCUT2D eigenvalue weighted by Gasteiger charge is 1.94. The van der Waals surface area contributed by atoms with Crippen molar-refractivity contribution in [3.05, 3.63) is 16.9 Å². The van der Waals surface area contributed by atoms with E-state index in [4.69, 9.17) is 0 Å². The van der Waals surface area contributed by atoms with Crippen LogP contribution in [0.25, 0.3) is 0 Å². The SMILES string of the molecule is Cc1csnc1F. The first-order valence-corrected chi connectivity index (χ1v) is 2.71. The van der Waals surface area contributed by atoms with E-state index in [-0.39, 0.29) is 5.95 Å². The maximum atomic E-state index is 12.0. The largest absolute Gasteiger partial charge is 0.227 e. The summed E-state index contributed by atoms with van der Waals surface area (Å²) in [7, 11) is 0. The molecule has 0 spiro atoms. The third-order valence-electron chi connectivity index (χ3n) is 0.688. The van der Waals surface area contributed by atoms with Crippen molar-refractivity contribution in [3.8, 4) is 0 Å². The van der Waals surface area contributed by atoms with Crippen molar-refractivity contribution in [3.63, 3.8) is 0 Å². The molecule has 0 amide bonds. The third kappa shape index (κ3) is 0.771. The molecule has 1 heterocycles. The molecule has 0 saturated carbocycles. The third-order valence-corrected chi connectivity index (χ3v) is 1.41. The van der Waals surface area contributed by atoms with Gasteiger partial charge in [0.2, 0.25) is 5.95 Å². The molecule has 0 bridgehead atoms. The van der Waals surface area contributed by atoms with Crippen molar-refractivity contribution >= 4 is 11.5 Å². The Hall–Kier alpha value is -0.440. The Labute approximate surface area is 45.0 Å². The Morgan fingerprint density at radius 2 is 2.57 bits per heavy atom. The van der Waals surface area contributed by atoms with Crippen LogP contribution in [0.2, 0.25) is 0 Å². The molecule has 1 rings (SSSR count). The van der Waals surface area contributed by atoms with Crippen LogP contribution < -0.4 is 0 Å². The van der Waals surface area contributed by atoms with Gasteiger partial charge in [-0.15, -0.1) is 0 Å². The molecule has 0 unspecified atom stereocenters. The van der Waals surface area contributed by atoms with Crippen molar-refractivity contribution in [2.45, 2.75) is 6.92 Å². The number of nitrogens with zero attached hydrogens (tertiary/aromatic N) is 1. The number of hydrogen-bond donors (Lipinski definition) is 0. The topological polar surface area (TPSA) is 12.9 Å². The second-order valence-electron chi connectivity index (χ2n) is 1.29. The lowest BCUT2D eigenvalue weighted by molar-refractivity contribution is 0.589. The molecule has 1 aromatic rings. The first-order chi connectivity index (χ1) is 3.30. The highest BCUT2D eigenvalue weighted by molar-refractivity contribution is 7.03. The van der Waals surface area contributed by atoms with Crippen molar-refractivity contribution in [2.24, 2.45) is 0 Å². The monoisotopic (exact) mass is 117 g/mol. The van der Waals surface area contributed by atoms with Crippen molar-refractivity contribution in [1.82, 2.24) is 4.37 Å². The molecule has 38 valence electrons. The van der Waals surface area contributed by atoms with Crippen LogP contribution in [0.15, 0.2) is 5.38 Å². The Morgan fingerprint density at radius 1 is 1.86 bits per heavy atom. The molecule has 0 atom stereocenters. The molecule has 1 nitrogen and oxygen atoms in total. The van der Waals surface area contributed by atoms with E-state index in [1.807, 2.05) is 0 Å². The normalized spacial score (nSPS) is 9.43. The van der Waals surface area contributed by atoms with E-state index < -0.39 is 0 Å². The van der Waals surface area contributed by atoms with E-state index in [1.54, 1.807) is 12.3 Å². The Morgan fingerprint density at radius 3 is 2.71 bits per heavy atom. The summed E-state index contributed by atoms with van der Waals surface area (Å²) < 4.78 is 15.4. The molecular formula is C4H4FNS. The standard InChI is InChI=1S/C4H4FNS/c1-3-2-7-6-4(3)5/h2H,1H3. The van der Waals surface area contributed by atoms with Crippen LogP contribution in [0.4, 0.5) is 4.39 Å². The van der Waals surface area contributed by atoms with Gasteiger partial charge in [-0.2, -0.15) is 8.76 Å². The molecule has 0 aliphatic heterocycles. The number of hydrogen-bond acceptors (Lipinski definition) is 2. The van der Waals surface area contributed by atoms with Gasteiger partial charge in [0, 0.05) is 10.9 Å². The highest BCUT2D eigenvalue weighted by atomic mass is 32.1. The lowest BCUT2D eigenvalue weighted by atomic mass is 10.4. The second kappa shape index (κ2) is 1.58. The summed E-state index contributed by atoms with van der Waals surface area (Å²) in [4.78, 5) is 0. The molecule has 0 aromatic carbocycles. The quantitative estimate of drug-likeness (QED) is 0.503. The lowest BCUT2D eigenvalue weighted by Gasteiger charge is -1.72. The van der Waals surface area contributed by atoms with Gasteiger partial charge < -0.3 is 0 Å². The van der Waals surface area contributed by atoms with Crippen LogP contribution >= 0.6 is 11.5 Å². The molecule has 0 aliphatic carbocycles. The Bertz CT molecular complexity index is 144. The van der Waals surface area contributed by atoms with Crippen LogP contribution in [0.5, 0.6) is 0 Å². The highest BCUT2D eigenvalue weighted by Crippen LogP contribution is 2.04. The fraction of sp³-hybridized carbons (Fsp3) is 0.250. The van der Waals surface area contributed by atoms with Gasteiger partial charge in [-0.3, -0.25) is 0 Å². The summed E-state index contributed by atoms with van der Waals surface area (Å²) in [5.74, 6) is -0.343. The number of rotatable bonds is 0. The second-order valence-corrected chi connectivity index (χ2v) is 1.92. The van der Waals surface area contributed by atoms with Crippen molar-refractivity contribution in [1.29, 1.82) is 0 Å². The first-order valence-electron chi connectivity index (χ1n) is 1.87. The summed E-state index contributed by atoms with van der Waals surface area (Å²) in [5, 5.41) is 1.68. The average Bonchev–Trinajstić information content (AvgIpc) is 1.91. The van der Waals surface area contributed by atoms with Crippen LogP contribution in [0, 0.1) is 12.9 Å². The van der Waals surface area contributed by atoms with Gasteiger partial charge >= 0.3 is 0 Å². The fourth-order valence-corrected chi connectivity index (χ4v) is 0.817. The maximum absolute atomic E-state index is 12.0. The Balaban J connectivity index is 3.12. The molecule has 0 radical (unpaired) electrons. The average molecular weight is 117 g/mol. The van der Waals surface area contributed by atoms with E-state index in [0.29, 0.717) is 5.56 Å². The summed E-state index contributed by atoms with van der Waals surface area (Å²) in [6.45, 7) is 1.69. The van der Waals surface area contributed by atoms with Gasteiger partial charge in [0.25, 0.3) is 0 Å². The minimum atomic E-state index is -0.343. The van der Waals surface area contributed by atoms with Gasteiger partial charge in [0.05, 0.1) is 0 Å². The van der Waals surface area contributed by atoms with Crippen LogP contribution in [-0.2, 0) is 0 Å². The summed E-state index contributed by atoms with van der Waals surface area (Å²) in [6.07, 6.45) is 0. The van der Waals surface area contributed by atoms with E-state index >= 15 is 0 Å². The number of aromatic nitrogens is 1. The lowest BCUT2D eigenvalue weighted by Crippen LogP contribution is -1.70. The van der Waals surface area contributed by atoms with E-state index in [2.05, 4.69) is 4.37 Å². The van der Waals surface area contributed by atoms with Crippen molar-refractivity contribution in [2.75, 3.05) is 0 Å². The maximum Gasteiger partial charge on any atom is 0.227 e. The number of aryl methyl sites for hydroxylation is 1. The van der Waals surface area contributed by atoms with Gasteiger partial charge in [0.15, 0.2) is 0 Å². The fourth-order valence-electron chi connectivity index (χ4n) is 0.272. The van der Waals surface area contributed by atoms with Gasteiger partial charge in [-0.05, 0) is 18.5 Å². The minimum Gasteiger partial charge on any atom is -0.184 e. The van der Waals surface area contributed by atoms with Gasteiger partial charge in [0.1, 0.15) is 0 Å². The molecule has 1 aromatic heterocycles. The molecular weight excluding hydrogens is 113 g/mol. The first kappa shape index (κ1) is 4.71. The smallest absolute Gasteiger partial charge is 0.184 e. The minimum absolute atomic E-state index is 0.343. The predicted octanol–water partition coefficient (Wildman–Crippen LogP) is 1.59. The molecule has 0 N–H and O–H groups in total. The van der Waals surface area contributed by atoms with E-state index in [1.165, 1.54) is 0 Å². The molecule has 3 heteroatoms. The zero-order valence-corrected chi connectivity index (χ0v) is 4.63. The molecule has 0 aliphatic rings. The van der Waals surface area contributed by atoms with Crippen LogP contribution in [0.3, 0.4) is 0 Å². The van der Waals surface area contributed by atoms with Gasteiger partial charge in [-0.1, -0.05) is 0 Å². The van der Waals surface area contributed by atoms with Crippen LogP contribution in [0.1, 0.15) is 5.56 Å². The van der Waals surface area contributed by atoms with E-state index in [0.717, 1.165) is 11.5 Å². The zero-order chi connectivity index (χ0) is 5.28.